The molecule has 1 aromatic heterocycles. The van der Waals surface area contributed by atoms with Crippen LogP contribution in [0.15, 0.2) is 29.0 Å². The number of carbonyl (C=O) groups is 1. The van der Waals surface area contributed by atoms with Crippen LogP contribution in [0.2, 0.25) is 0 Å². The Hall–Kier alpha value is -3.10. The average Bonchev–Trinajstić information content (AvgIpc) is 2.92. The zero-order valence-corrected chi connectivity index (χ0v) is 12.7. The first kappa shape index (κ1) is 16.3. The number of benzene rings is 1. The number of ether oxygens (including phenoxy) is 1. The molecule has 0 fully saturated rings. The Morgan fingerprint density at radius 2 is 2.26 bits per heavy atom. The number of nitrogens with zero attached hydrogens (tertiary/aromatic N) is 2. The lowest BCUT2D eigenvalue weighted by molar-refractivity contribution is -0.384. The third-order valence-corrected chi connectivity index (χ3v) is 2.99. The van der Waals surface area contributed by atoms with Crippen LogP contribution in [-0.2, 0) is 6.54 Å². The number of nitrogens with one attached hydrogen (secondary N) is 2. The van der Waals surface area contributed by atoms with Crippen LogP contribution in [0.1, 0.15) is 18.2 Å². The van der Waals surface area contributed by atoms with Crippen LogP contribution in [-0.4, -0.2) is 22.7 Å². The van der Waals surface area contributed by atoms with E-state index in [0.29, 0.717) is 18.1 Å². The minimum Gasteiger partial charge on any atom is -0.492 e. The van der Waals surface area contributed by atoms with Crippen molar-refractivity contribution in [2.75, 3.05) is 11.9 Å². The number of aromatic nitrogens is 1. The predicted octanol–water partition coefficient (Wildman–Crippen LogP) is 2.61. The van der Waals surface area contributed by atoms with E-state index in [1.807, 2.05) is 0 Å². The summed E-state index contributed by atoms with van der Waals surface area (Å²) in [6.45, 7) is 4.12. The first-order valence-corrected chi connectivity index (χ1v) is 6.87. The van der Waals surface area contributed by atoms with Gasteiger partial charge in [-0.05, 0) is 19.9 Å². The molecule has 1 aromatic carbocycles. The first-order chi connectivity index (χ1) is 11.0. The lowest BCUT2D eigenvalue weighted by Crippen LogP contribution is -2.28. The molecule has 0 spiro atoms. The van der Waals surface area contributed by atoms with Gasteiger partial charge in [-0.3, -0.25) is 10.1 Å². The van der Waals surface area contributed by atoms with Crippen molar-refractivity contribution >= 4 is 17.4 Å². The number of nitro benzene ring substituents is 1. The maximum absolute atomic E-state index is 12.0. The highest BCUT2D eigenvalue weighted by atomic mass is 16.6. The van der Waals surface area contributed by atoms with Crippen molar-refractivity contribution < 1.29 is 19.0 Å². The maximum atomic E-state index is 12.0. The zero-order valence-electron chi connectivity index (χ0n) is 12.7. The van der Waals surface area contributed by atoms with Crippen LogP contribution in [0, 0.1) is 17.0 Å². The molecule has 0 bridgehead atoms. The highest BCUT2D eigenvalue weighted by Gasteiger charge is 2.14. The molecule has 23 heavy (non-hydrogen) atoms. The lowest BCUT2D eigenvalue weighted by Gasteiger charge is -2.11. The third kappa shape index (κ3) is 4.19. The molecule has 2 N–H and O–H groups in total. The Morgan fingerprint density at radius 1 is 1.48 bits per heavy atom. The van der Waals surface area contributed by atoms with Crippen molar-refractivity contribution in [2.45, 2.75) is 20.4 Å². The van der Waals surface area contributed by atoms with Crippen LogP contribution in [0.5, 0.6) is 5.75 Å². The molecule has 0 saturated heterocycles. The Bertz CT molecular complexity index is 713. The van der Waals surface area contributed by atoms with E-state index < -0.39 is 11.0 Å². The van der Waals surface area contributed by atoms with Crippen LogP contribution >= 0.6 is 0 Å². The molecule has 0 aliphatic rings. The van der Waals surface area contributed by atoms with Gasteiger partial charge in [-0.15, -0.1) is 0 Å². The van der Waals surface area contributed by atoms with Gasteiger partial charge in [-0.1, -0.05) is 5.16 Å². The van der Waals surface area contributed by atoms with E-state index in [2.05, 4.69) is 15.8 Å². The highest BCUT2D eigenvalue weighted by molar-refractivity contribution is 5.91. The lowest BCUT2D eigenvalue weighted by atomic mass is 10.2. The number of nitro groups is 1. The van der Waals surface area contributed by atoms with Gasteiger partial charge in [0.15, 0.2) is 0 Å². The van der Waals surface area contributed by atoms with Gasteiger partial charge in [0, 0.05) is 17.7 Å². The molecule has 0 radical (unpaired) electrons. The Morgan fingerprint density at radius 3 is 2.87 bits per heavy atom. The fourth-order valence-corrected chi connectivity index (χ4v) is 1.82. The number of anilines is 1. The van der Waals surface area contributed by atoms with E-state index in [1.165, 1.54) is 24.5 Å². The average molecular weight is 320 g/mol. The molecular weight excluding hydrogens is 304 g/mol. The third-order valence-electron chi connectivity index (χ3n) is 2.99. The van der Waals surface area contributed by atoms with Gasteiger partial charge in [0.1, 0.15) is 17.7 Å². The number of hydrogen-bond donors (Lipinski definition) is 2. The van der Waals surface area contributed by atoms with Gasteiger partial charge in [0.25, 0.3) is 5.69 Å². The Balaban J connectivity index is 2.07. The Labute approximate surface area is 131 Å². The molecule has 0 unspecified atom stereocenters. The largest absolute Gasteiger partial charge is 0.492 e. The van der Waals surface area contributed by atoms with E-state index >= 15 is 0 Å². The van der Waals surface area contributed by atoms with Crippen LogP contribution < -0.4 is 15.4 Å². The minimum absolute atomic E-state index is 0.143. The fourth-order valence-electron chi connectivity index (χ4n) is 1.82. The first-order valence-electron chi connectivity index (χ1n) is 6.87. The predicted molar refractivity (Wildman–Crippen MR) is 81.4 cm³/mol. The van der Waals surface area contributed by atoms with E-state index in [-0.39, 0.29) is 17.9 Å². The van der Waals surface area contributed by atoms with E-state index in [1.54, 1.807) is 13.8 Å². The van der Waals surface area contributed by atoms with Gasteiger partial charge in [0.05, 0.1) is 23.8 Å². The van der Waals surface area contributed by atoms with Crippen LogP contribution in [0.3, 0.4) is 0 Å². The summed E-state index contributed by atoms with van der Waals surface area (Å²) in [5.74, 6) is 0.353. The van der Waals surface area contributed by atoms with Crippen LogP contribution in [0.25, 0.3) is 0 Å². The molecule has 2 aromatic rings. The number of urea groups is 1. The summed E-state index contributed by atoms with van der Waals surface area (Å²) in [6.07, 6.45) is 1.47. The van der Waals surface area contributed by atoms with Crippen molar-refractivity contribution in [3.05, 3.63) is 45.8 Å². The number of amides is 2. The van der Waals surface area contributed by atoms with Crippen molar-refractivity contribution in [1.82, 2.24) is 10.5 Å². The van der Waals surface area contributed by atoms with Gasteiger partial charge < -0.3 is 19.9 Å². The molecule has 0 saturated carbocycles. The molecule has 122 valence electrons. The molecule has 2 amide bonds. The van der Waals surface area contributed by atoms with Crippen molar-refractivity contribution in [3.63, 3.8) is 0 Å². The number of carbonyl (C=O) groups excluding carboxylic acids is 1. The van der Waals surface area contributed by atoms with Gasteiger partial charge in [0.2, 0.25) is 0 Å². The van der Waals surface area contributed by atoms with Crippen molar-refractivity contribution in [1.29, 1.82) is 0 Å². The molecule has 9 nitrogen and oxygen atoms in total. The molecule has 0 atom stereocenters. The zero-order chi connectivity index (χ0) is 16.8. The second-order valence-corrected chi connectivity index (χ2v) is 4.62. The monoisotopic (exact) mass is 320 g/mol. The van der Waals surface area contributed by atoms with Crippen molar-refractivity contribution in [3.8, 4) is 5.75 Å². The Kier molecular flexibility index (Phi) is 5.13. The topological polar surface area (TPSA) is 120 Å². The number of aryl methyl sites for hydroxylation is 1. The molecule has 9 heteroatoms. The summed E-state index contributed by atoms with van der Waals surface area (Å²) in [7, 11) is 0. The quantitative estimate of drug-likeness (QED) is 0.623. The number of hydrogen-bond acceptors (Lipinski definition) is 6. The number of rotatable bonds is 6. The summed E-state index contributed by atoms with van der Waals surface area (Å²) < 4.78 is 10.1. The van der Waals surface area contributed by atoms with E-state index in [4.69, 9.17) is 9.26 Å². The standard InChI is InChI=1S/C14H16N4O5/c1-3-22-13-5-4-10(18(20)21)6-11(13)16-14(19)15-7-12-9(2)8-23-17-12/h4-6,8H,3,7H2,1-2H3,(H2,15,16,19). The van der Waals surface area contributed by atoms with Gasteiger partial charge in [-0.2, -0.15) is 0 Å². The normalized spacial score (nSPS) is 10.2. The summed E-state index contributed by atoms with van der Waals surface area (Å²) in [5.41, 5.74) is 1.49. The number of non-ortho nitro benzene ring substituents is 1. The van der Waals surface area contributed by atoms with E-state index in [0.717, 1.165) is 5.56 Å². The molecule has 2 rings (SSSR count). The molecule has 0 aliphatic carbocycles. The second-order valence-electron chi connectivity index (χ2n) is 4.62. The smallest absolute Gasteiger partial charge is 0.319 e. The van der Waals surface area contributed by atoms with Gasteiger partial charge in [-0.25, -0.2) is 4.79 Å². The van der Waals surface area contributed by atoms with Crippen molar-refractivity contribution in [2.24, 2.45) is 0 Å². The molecule has 0 aliphatic heterocycles. The minimum atomic E-state index is -0.544. The SMILES string of the molecule is CCOc1ccc([N+](=O)[O-])cc1NC(=O)NCc1nocc1C. The summed E-state index contributed by atoms with van der Waals surface area (Å²) >= 11 is 0. The van der Waals surface area contributed by atoms with E-state index in [9.17, 15) is 14.9 Å². The molecular formula is C14H16N4O5. The summed E-state index contributed by atoms with van der Waals surface area (Å²) in [6, 6.07) is 3.46. The maximum Gasteiger partial charge on any atom is 0.319 e. The molecule has 1 heterocycles. The van der Waals surface area contributed by atoms with Crippen LogP contribution in [0.4, 0.5) is 16.2 Å². The summed E-state index contributed by atoms with van der Waals surface area (Å²) in [4.78, 5) is 22.3. The fraction of sp³-hybridized carbons (Fsp3) is 0.286. The highest BCUT2D eigenvalue weighted by Crippen LogP contribution is 2.29. The second kappa shape index (κ2) is 7.25. The summed E-state index contributed by atoms with van der Waals surface area (Å²) in [5, 5.41) is 19.7. The van der Waals surface area contributed by atoms with Gasteiger partial charge >= 0.3 is 6.03 Å².